The van der Waals surface area contributed by atoms with Gasteiger partial charge in [-0.1, -0.05) is 0 Å². The van der Waals surface area contributed by atoms with Crippen LogP contribution in [0.3, 0.4) is 0 Å². The number of carbonyl (C=O) groups excluding carboxylic acids is 1. The number of carbonyl (C=O) groups is 1. The summed E-state index contributed by atoms with van der Waals surface area (Å²) >= 11 is 0. The number of ether oxygens (including phenoxy) is 2. The third kappa shape index (κ3) is 2.81. The van der Waals surface area contributed by atoms with E-state index in [0.29, 0.717) is 11.8 Å². The van der Waals surface area contributed by atoms with Crippen molar-refractivity contribution < 1.29 is 14.3 Å². The maximum Gasteiger partial charge on any atom is 0.435 e. The van der Waals surface area contributed by atoms with Crippen LogP contribution in [-0.4, -0.2) is 27.6 Å². The Morgan fingerprint density at radius 2 is 2.15 bits per heavy atom. The average molecular weight is 278 g/mol. The van der Waals surface area contributed by atoms with Gasteiger partial charge in [-0.3, -0.25) is 0 Å². The van der Waals surface area contributed by atoms with Crippen molar-refractivity contribution in [1.29, 1.82) is 0 Å². The minimum atomic E-state index is -0.519. The summed E-state index contributed by atoms with van der Waals surface area (Å²) in [5.74, 6) is 2.03. The maximum absolute atomic E-state index is 11.9. The number of rotatable bonds is 2. The van der Waals surface area contributed by atoms with Gasteiger partial charge in [0.1, 0.15) is 11.7 Å². The quantitative estimate of drug-likeness (QED) is 0.833. The second-order valence-corrected chi connectivity index (χ2v) is 6.91. The summed E-state index contributed by atoms with van der Waals surface area (Å²) in [5.41, 5.74) is -0.519. The van der Waals surface area contributed by atoms with E-state index >= 15 is 0 Å². The molecule has 20 heavy (non-hydrogen) atoms. The van der Waals surface area contributed by atoms with Crippen LogP contribution in [0.25, 0.3) is 0 Å². The van der Waals surface area contributed by atoms with Crippen molar-refractivity contribution in [2.75, 3.05) is 0 Å². The molecule has 0 saturated heterocycles. The maximum atomic E-state index is 11.9. The van der Waals surface area contributed by atoms with Crippen LogP contribution in [0.4, 0.5) is 4.79 Å². The highest BCUT2D eigenvalue weighted by Crippen LogP contribution is 2.45. The second-order valence-electron chi connectivity index (χ2n) is 6.91. The molecule has 5 nitrogen and oxygen atoms in total. The molecule has 2 saturated carbocycles. The number of hydrogen-bond acceptors (Lipinski definition) is 4. The van der Waals surface area contributed by atoms with Gasteiger partial charge in [0.2, 0.25) is 5.88 Å². The number of hydrogen-bond donors (Lipinski definition) is 0. The molecule has 1 aromatic heterocycles. The zero-order valence-corrected chi connectivity index (χ0v) is 12.3. The third-order valence-corrected chi connectivity index (χ3v) is 4.09. The summed E-state index contributed by atoms with van der Waals surface area (Å²) < 4.78 is 12.4. The first-order valence-electron chi connectivity index (χ1n) is 7.36. The van der Waals surface area contributed by atoms with Crippen molar-refractivity contribution in [3.63, 3.8) is 0 Å². The van der Waals surface area contributed by atoms with E-state index in [2.05, 4.69) is 5.10 Å². The lowest BCUT2D eigenvalue weighted by molar-refractivity contribution is 0.0507. The molecule has 2 aliphatic carbocycles. The standard InChI is InChI=1S/C15H22N2O3/c1-15(2,3)20-14(18)17-7-6-13(16-17)19-12-9-10-4-5-11(12)8-10/h6-7,10-12H,4-5,8-9H2,1-3H3/t10-,11+,12?/m0/s1. The van der Waals surface area contributed by atoms with Crippen molar-refractivity contribution in [2.45, 2.75) is 58.2 Å². The van der Waals surface area contributed by atoms with Gasteiger partial charge in [0, 0.05) is 12.3 Å². The van der Waals surface area contributed by atoms with Gasteiger partial charge in [0.25, 0.3) is 0 Å². The predicted octanol–water partition coefficient (Wildman–Crippen LogP) is 3.23. The molecule has 0 spiro atoms. The fourth-order valence-electron chi connectivity index (χ4n) is 3.27. The summed E-state index contributed by atoms with van der Waals surface area (Å²) in [5, 5.41) is 4.16. The van der Waals surface area contributed by atoms with Crippen molar-refractivity contribution in [3.05, 3.63) is 12.3 Å². The van der Waals surface area contributed by atoms with Crippen LogP contribution in [0.15, 0.2) is 12.3 Å². The van der Waals surface area contributed by atoms with Gasteiger partial charge in [0.15, 0.2) is 0 Å². The van der Waals surface area contributed by atoms with Gasteiger partial charge >= 0.3 is 6.09 Å². The first-order chi connectivity index (χ1) is 9.40. The molecule has 2 aliphatic rings. The SMILES string of the molecule is CC(C)(C)OC(=O)n1ccc(OC2C[C@H]3CC[C@@H]2C3)n1. The normalized spacial score (nSPS) is 28.6. The smallest absolute Gasteiger partial charge is 0.435 e. The van der Waals surface area contributed by atoms with E-state index in [1.165, 1.54) is 23.9 Å². The van der Waals surface area contributed by atoms with Crippen LogP contribution in [0.5, 0.6) is 5.88 Å². The minimum absolute atomic E-state index is 0.274. The molecule has 5 heteroatoms. The van der Waals surface area contributed by atoms with Crippen LogP contribution < -0.4 is 4.74 Å². The summed E-state index contributed by atoms with van der Waals surface area (Å²) in [6, 6.07) is 1.73. The predicted molar refractivity (Wildman–Crippen MR) is 73.7 cm³/mol. The highest BCUT2D eigenvalue weighted by atomic mass is 16.6. The van der Waals surface area contributed by atoms with Crippen LogP contribution in [0.2, 0.25) is 0 Å². The Morgan fingerprint density at radius 1 is 1.35 bits per heavy atom. The summed E-state index contributed by atoms with van der Waals surface area (Å²) in [6.07, 6.45) is 6.42. The monoisotopic (exact) mass is 278 g/mol. The lowest BCUT2D eigenvalue weighted by Gasteiger charge is -2.21. The fraction of sp³-hybridized carbons (Fsp3) is 0.733. The number of fused-ring (bicyclic) bond motifs is 2. The number of aromatic nitrogens is 2. The molecule has 0 amide bonds. The van der Waals surface area contributed by atoms with E-state index in [1.807, 2.05) is 20.8 Å². The van der Waals surface area contributed by atoms with Crippen LogP contribution in [0, 0.1) is 11.8 Å². The molecule has 3 rings (SSSR count). The Hall–Kier alpha value is -1.52. The van der Waals surface area contributed by atoms with Crippen molar-refractivity contribution in [1.82, 2.24) is 9.78 Å². The minimum Gasteiger partial charge on any atom is -0.473 e. The van der Waals surface area contributed by atoms with Crippen LogP contribution in [0.1, 0.15) is 46.5 Å². The number of nitrogens with zero attached hydrogens (tertiary/aromatic N) is 2. The highest BCUT2D eigenvalue weighted by molar-refractivity contribution is 5.69. The van der Waals surface area contributed by atoms with E-state index in [0.717, 1.165) is 12.3 Å². The molecule has 0 N–H and O–H groups in total. The van der Waals surface area contributed by atoms with Crippen molar-refractivity contribution >= 4 is 6.09 Å². The van der Waals surface area contributed by atoms with Gasteiger partial charge in [0.05, 0.1) is 0 Å². The Balaban J connectivity index is 1.61. The Morgan fingerprint density at radius 3 is 2.75 bits per heavy atom. The van der Waals surface area contributed by atoms with E-state index in [9.17, 15) is 4.79 Å². The molecule has 1 heterocycles. The lowest BCUT2D eigenvalue weighted by atomic mass is 9.98. The van der Waals surface area contributed by atoms with Gasteiger partial charge in [-0.2, -0.15) is 4.68 Å². The van der Waals surface area contributed by atoms with Gasteiger partial charge in [-0.05, 0) is 58.3 Å². The van der Waals surface area contributed by atoms with Gasteiger partial charge in [-0.25, -0.2) is 4.79 Å². The fourth-order valence-corrected chi connectivity index (χ4v) is 3.27. The zero-order valence-electron chi connectivity index (χ0n) is 12.3. The Bertz CT molecular complexity index is 503. The Kier molecular flexibility index (Phi) is 3.22. The van der Waals surface area contributed by atoms with E-state index < -0.39 is 11.7 Å². The third-order valence-electron chi connectivity index (χ3n) is 4.09. The average Bonchev–Trinajstić information content (AvgIpc) is 3.01. The second kappa shape index (κ2) is 4.79. The zero-order chi connectivity index (χ0) is 14.3. The molecule has 110 valence electrons. The molecule has 0 aromatic carbocycles. The molecular formula is C15H22N2O3. The van der Waals surface area contributed by atoms with Gasteiger partial charge < -0.3 is 9.47 Å². The van der Waals surface area contributed by atoms with E-state index in [1.54, 1.807) is 12.3 Å². The molecular weight excluding hydrogens is 256 g/mol. The first-order valence-corrected chi connectivity index (χ1v) is 7.36. The van der Waals surface area contributed by atoms with Gasteiger partial charge in [-0.15, -0.1) is 5.10 Å². The topological polar surface area (TPSA) is 53.4 Å². The molecule has 2 fully saturated rings. The largest absolute Gasteiger partial charge is 0.473 e. The molecule has 1 aromatic rings. The highest BCUT2D eigenvalue weighted by Gasteiger charge is 2.41. The molecule has 1 unspecified atom stereocenters. The molecule has 0 radical (unpaired) electrons. The molecule has 0 aliphatic heterocycles. The summed E-state index contributed by atoms with van der Waals surface area (Å²) in [7, 11) is 0. The van der Waals surface area contributed by atoms with Crippen molar-refractivity contribution in [3.8, 4) is 5.88 Å². The lowest BCUT2D eigenvalue weighted by Crippen LogP contribution is -2.27. The van der Waals surface area contributed by atoms with Crippen molar-refractivity contribution in [2.24, 2.45) is 11.8 Å². The molecule has 2 bridgehead atoms. The van der Waals surface area contributed by atoms with Crippen LogP contribution >= 0.6 is 0 Å². The summed E-state index contributed by atoms with van der Waals surface area (Å²) in [4.78, 5) is 11.9. The first kappa shape index (κ1) is 13.5. The molecule has 3 atom stereocenters. The Labute approximate surface area is 119 Å². The van der Waals surface area contributed by atoms with E-state index in [-0.39, 0.29) is 6.10 Å². The van der Waals surface area contributed by atoms with Crippen LogP contribution in [-0.2, 0) is 4.74 Å². The summed E-state index contributed by atoms with van der Waals surface area (Å²) in [6.45, 7) is 5.50. The van der Waals surface area contributed by atoms with E-state index in [4.69, 9.17) is 9.47 Å².